The fraction of sp³-hybridized carbons (Fsp3) is 0.500. The number of ether oxygens (including phenoxy) is 1. The van der Waals surface area contributed by atoms with Gasteiger partial charge in [0.1, 0.15) is 0 Å². The first-order valence-electron chi connectivity index (χ1n) is 7.77. The van der Waals surface area contributed by atoms with E-state index in [1.165, 1.54) is 4.90 Å². The summed E-state index contributed by atoms with van der Waals surface area (Å²) in [5.41, 5.74) is 0.534. The molecule has 0 aliphatic carbocycles. The third-order valence-corrected chi connectivity index (χ3v) is 4.42. The minimum Gasteiger partial charge on any atom is -0.377 e. The van der Waals surface area contributed by atoms with Gasteiger partial charge in [-0.15, -0.1) is 0 Å². The second-order valence-corrected chi connectivity index (χ2v) is 6.51. The van der Waals surface area contributed by atoms with Crippen LogP contribution in [0.1, 0.15) is 12.8 Å². The van der Waals surface area contributed by atoms with Gasteiger partial charge in [0.15, 0.2) is 0 Å². The Morgan fingerprint density at radius 2 is 2.12 bits per heavy atom. The lowest BCUT2D eigenvalue weighted by molar-refractivity contribution is -0.132. The summed E-state index contributed by atoms with van der Waals surface area (Å²) in [6.45, 7) is 1.57. The van der Waals surface area contributed by atoms with E-state index in [0.717, 1.165) is 19.4 Å². The van der Waals surface area contributed by atoms with Crippen LogP contribution in [0.25, 0.3) is 0 Å². The van der Waals surface area contributed by atoms with E-state index in [0.29, 0.717) is 22.3 Å². The molecule has 1 aliphatic heterocycles. The van der Waals surface area contributed by atoms with Crippen LogP contribution < -0.4 is 10.6 Å². The summed E-state index contributed by atoms with van der Waals surface area (Å²) in [7, 11) is 1.59. The maximum Gasteiger partial charge on any atom is 0.243 e. The van der Waals surface area contributed by atoms with Gasteiger partial charge in [-0.3, -0.25) is 9.59 Å². The van der Waals surface area contributed by atoms with Crippen LogP contribution in [-0.2, 0) is 14.3 Å². The smallest absolute Gasteiger partial charge is 0.243 e. The Bertz CT molecular complexity index is 592. The van der Waals surface area contributed by atoms with Gasteiger partial charge in [-0.05, 0) is 31.0 Å². The first-order chi connectivity index (χ1) is 11.5. The molecule has 2 amide bonds. The topological polar surface area (TPSA) is 70.7 Å². The predicted octanol–water partition coefficient (Wildman–Crippen LogP) is 2.16. The number of benzene rings is 1. The molecule has 132 valence electrons. The zero-order chi connectivity index (χ0) is 17.5. The zero-order valence-electron chi connectivity index (χ0n) is 13.5. The second kappa shape index (κ2) is 9.22. The summed E-state index contributed by atoms with van der Waals surface area (Å²) < 4.78 is 5.47. The van der Waals surface area contributed by atoms with Gasteiger partial charge in [0.25, 0.3) is 0 Å². The second-order valence-electron chi connectivity index (χ2n) is 5.69. The van der Waals surface area contributed by atoms with Crippen LogP contribution in [0.5, 0.6) is 0 Å². The summed E-state index contributed by atoms with van der Waals surface area (Å²) in [6.07, 6.45) is 2.26. The van der Waals surface area contributed by atoms with Gasteiger partial charge in [0.05, 0.1) is 29.2 Å². The number of hydrogen-bond donors (Lipinski definition) is 2. The van der Waals surface area contributed by atoms with Crippen molar-refractivity contribution in [3.63, 3.8) is 0 Å². The highest BCUT2D eigenvalue weighted by Gasteiger charge is 2.17. The van der Waals surface area contributed by atoms with Crippen molar-refractivity contribution in [2.75, 3.05) is 38.6 Å². The van der Waals surface area contributed by atoms with Crippen LogP contribution in [0.4, 0.5) is 5.69 Å². The van der Waals surface area contributed by atoms with Crippen LogP contribution in [0.3, 0.4) is 0 Å². The number of halogens is 2. The molecular formula is C16H21Cl2N3O3. The van der Waals surface area contributed by atoms with Crippen LogP contribution in [-0.4, -0.2) is 56.1 Å². The number of hydrogen-bond acceptors (Lipinski definition) is 4. The highest BCUT2D eigenvalue weighted by Crippen LogP contribution is 2.24. The molecule has 24 heavy (non-hydrogen) atoms. The Morgan fingerprint density at radius 3 is 2.79 bits per heavy atom. The number of carbonyl (C=O) groups is 2. The van der Waals surface area contributed by atoms with Crippen molar-refractivity contribution >= 4 is 40.7 Å². The molecule has 1 aromatic carbocycles. The fourth-order valence-electron chi connectivity index (χ4n) is 2.36. The molecule has 0 bridgehead atoms. The van der Waals surface area contributed by atoms with Crippen molar-refractivity contribution in [2.45, 2.75) is 18.9 Å². The quantitative estimate of drug-likeness (QED) is 0.768. The van der Waals surface area contributed by atoms with Gasteiger partial charge in [0, 0.05) is 25.9 Å². The Labute approximate surface area is 151 Å². The lowest BCUT2D eigenvalue weighted by Gasteiger charge is -2.18. The fourth-order valence-corrected chi connectivity index (χ4v) is 2.66. The highest BCUT2D eigenvalue weighted by atomic mass is 35.5. The van der Waals surface area contributed by atoms with Crippen molar-refractivity contribution < 1.29 is 14.3 Å². The summed E-state index contributed by atoms with van der Waals surface area (Å²) in [5, 5.41) is 6.52. The standard InChI is InChI=1S/C16H21Cl2N3O3/c1-21(16(23)9-19-8-12-3-2-6-24-12)10-15(22)20-11-4-5-13(17)14(18)7-11/h4-5,7,12,19H,2-3,6,8-10H2,1H3,(H,20,22). The Kier molecular flexibility index (Phi) is 7.30. The molecule has 1 atom stereocenters. The van der Waals surface area contributed by atoms with Crippen LogP contribution in [0.15, 0.2) is 18.2 Å². The molecule has 1 saturated heterocycles. The van der Waals surface area contributed by atoms with Gasteiger partial charge in [-0.1, -0.05) is 23.2 Å². The van der Waals surface area contributed by atoms with E-state index in [1.807, 2.05) is 0 Å². The molecule has 0 radical (unpaired) electrons. The summed E-state index contributed by atoms with van der Waals surface area (Å²) >= 11 is 11.7. The van der Waals surface area contributed by atoms with Gasteiger partial charge >= 0.3 is 0 Å². The van der Waals surface area contributed by atoms with Crippen LogP contribution in [0, 0.1) is 0 Å². The first-order valence-corrected chi connectivity index (χ1v) is 8.52. The minimum atomic E-state index is -0.302. The van der Waals surface area contributed by atoms with E-state index in [1.54, 1.807) is 25.2 Å². The maximum atomic E-state index is 12.0. The number of carbonyl (C=O) groups excluding carboxylic acids is 2. The van der Waals surface area contributed by atoms with E-state index < -0.39 is 0 Å². The molecule has 1 aliphatic rings. The molecule has 2 N–H and O–H groups in total. The molecule has 8 heteroatoms. The lowest BCUT2D eigenvalue weighted by Crippen LogP contribution is -2.41. The average Bonchev–Trinajstić information content (AvgIpc) is 3.04. The molecular weight excluding hydrogens is 353 g/mol. The molecule has 0 aromatic heterocycles. The van der Waals surface area contributed by atoms with E-state index >= 15 is 0 Å². The molecule has 1 heterocycles. The number of nitrogens with one attached hydrogen (secondary N) is 2. The first kappa shape index (κ1) is 19.0. The van der Waals surface area contributed by atoms with Crippen LogP contribution in [0.2, 0.25) is 10.0 Å². The zero-order valence-corrected chi connectivity index (χ0v) is 15.0. The molecule has 1 unspecified atom stereocenters. The Morgan fingerprint density at radius 1 is 1.33 bits per heavy atom. The van der Waals surface area contributed by atoms with Crippen molar-refractivity contribution in [2.24, 2.45) is 0 Å². The van der Waals surface area contributed by atoms with E-state index in [9.17, 15) is 9.59 Å². The van der Waals surface area contributed by atoms with Gasteiger partial charge in [0.2, 0.25) is 11.8 Å². The van der Waals surface area contributed by atoms with Gasteiger partial charge in [-0.25, -0.2) is 0 Å². The molecule has 6 nitrogen and oxygen atoms in total. The van der Waals surface area contributed by atoms with Crippen molar-refractivity contribution in [1.29, 1.82) is 0 Å². The van der Waals surface area contributed by atoms with Crippen molar-refractivity contribution in [3.8, 4) is 0 Å². The highest BCUT2D eigenvalue weighted by molar-refractivity contribution is 6.42. The van der Waals surface area contributed by atoms with E-state index in [-0.39, 0.29) is 31.0 Å². The molecule has 1 fully saturated rings. The normalized spacial score (nSPS) is 16.9. The lowest BCUT2D eigenvalue weighted by atomic mass is 10.2. The molecule has 0 saturated carbocycles. The molecule has 1 aromatic rings. The van der Waals surface area contributed by atoms with Crippen molar-refractivity contribution in [3.05, 3.63) is 28.2 Å². The van der Waals surface area contributed by atoms with Crippen molar-refractivity contribution in [1.82, 2.24) is 10.2 Å². The largest absolute Gasteiger partial charge is 0.377 e. The predicted molar refractivity (Wildman–Crippen MR) is 94.6 cm³/mol. The summed E-state index contributed by atoms with van der Waals surface area (Å²) in [6, 6.07) is 4.81. The SMILES string of the molecule is CN(CC(=O)Nc1ccc(Cl)c(Cl)c1)C(=O)CNCC1CCCO1. The monoisotopic (exact) mass is 373 g/mol. The van der Waals surface area contributed by atoms with E-state index in [2.05, 4.69) is 10.6 Å². The third-order valence-electron chi connectivity index (χ3n) is 3.68. The molecule has 2 rings (SSSR count). The Balaban J connectivity index is 1.71. The summed E-state index contributed by atoms with van der Waals surface area (Å²) in [5.74, 6) is -0.458. The molecule has 0 spiro atoms. The minimum absolute atomic E-state index is 0.0410. The Hall–Kier alpha value is -1.34. The average molecular weight is 374 g/mol. The van der Waals surface area contributed by atoms with E-state index in [4.69, 9.17) is 27.9 Å². The number of likely N-dealkylation sites (N-methyl/N-ethyl adjacent to an activating group) is 1. The number of anilines is 1. The van der Waals surface area contributed by atoms with Gasteiger partial charge < -0.3 is 20.3 Å². The maximum absolute atomic E-state index is 12.0. The summed E-state index contributed by atoms with van der Waals surface area (Å²) in [4.78, 5) is 25.4. The number of nitrogens with zero attached hydrogens (tertiary/aromatic N) is 1. The third kappa shape index (κ3) is 5.94. The van der Waals surface area contributed by atoms with Gasteiger partial charge in [-0.2, -0.15) is 0 Å². The number of rotatable bonds is 7. The number of amides is 2. The van der Waals surface area contributed by atoms with Crippen LogP contribution >= 0.6 is 23.2 Å².